The number of hydrogen-bond acceptors (Lipinski definition) is 1. The summed E-state index contributed by atoms with van der Waals surface area (Å²) in [5, 5.41) is 0. The number of hydrogen-bond donors (Lipinski definition) is 1. The first-order valence-electron chi connectivity index (χ1n) is 9.11. The van der Waals surface area contributed by atoms with Gasteiger partial charge >= 0.3 is 0 Å². The van der Waals surface area contributed by atoms with Crippen molar-refractivity contribution in [3.05, 3.63) is 96.6 Å². The van der Waals surface area contributed by atoms with Gasteiger partial charge in [-0.1, -0.05) is 67.6 Å². The first kappa shape index (κ1) is 17.8. The topological polar surface area (TPSA) is 26.0 Å². The van der Waals surface area contributed by atoms with Crippen molar-refractivity contribution < 1.29 is 0 Å². The molecule has 0 aliphatic rings. The number of nitrogen functional groups attached to an aromatic ring is 1. The fourth-order valence-electron chi connectivity index (χ4n) is 3.04. The number of benzene rings is 3. The molecule has 0 atom stereocenters. The van der Waals surface area contributed by atoms with Gasteiger partial charge in [0.1, 0.15) is 0 Å². The van der Waals surface area contributed by atoms with Crippen LogP contribution in [0.25, 0.3) is 27.8 Å². The van der Waals surface area contributed by atoms with Gasteiger partial charge in [0.2, 0.25) is 0 Å². The largest absolute Gasteiger partial charge is 0.399 e. The normalized spacial score (nSPS) is 11.8. The van der Waals surface area contributed by atoms with Gasteiger partial charge < -0.3 is 5.73 Å². The molecule has 0 spiro atoms. The Morgan fingerprint density at radius 1 is 0.808 bits per heavy atom. The summed E-state index contributed by atoms with van der Waals surface area (Å²) in [5.41, 5.74) is 13.9. The minimum atomic E-state index is 0.785. The van der Waals surface area contributed by atoms with Crippen LogP contribution < -0.4 is 5.73 Å². The van der Waals surface area contributed by atoms with Crippen LogP contribution in [-0.4, -0.2) is 0 Å². The summed E-state index contributed by atoms with van der Waals surface area (Å²) >= 11 is 0. The second-order valence-corrected chi connectivity index (χ2v) is 6.34. The Bertz CT molecular complexity index is 916. The second-order valence-electron chi connectivity index (χ2n) is 6.34. The summed E-state index contributed by atoms with van der Waals surface area (Å²) in [6.45, 7) is 4.25. The smallest absolute Gasteiger partial charge is 0.0314 e. The van der Waals surface area contributed by atoms with Gasteiger partial charge in [-0.3, -0.25) is 0 Å². The highest BCUT2D eigenvalue weighted by atomic mass is 14.5. The van der Waals surface area contributed by atoms with Crippen molar-refractivity contribution in [3.63, 3.8) is 0 Å². The van der Waals surface area contributed by atoms with Crippen molar-refractivity contribution in [1.82, 2.24) is 0 Å². The number of rotatable bonds is 5. The highest BCUT2D eigenvalue weighted by molar-refractivity contribution is 5.83. The van der Waals surface area contributed by atoms with Gasteiger partial charge in [-0.15, -0.1) is 0 Å². The molecule has 2 N–H and O–H groups in total. The standard InChI is InChI=1S/C25H25N/c1-3-5-9-19(4-2)22-16-23(20-10-7-6-8-11-20)18-24(17-22)21-12-14-25(26)15-13-21/h4-18H,3,26H2,1-2H3/b9-5-,19-4+. The van der Waals surface area contributed by atoms with Crippen LogP contribution in [0.4, 0.5) is 5.69 Å². The molecule has 0 aromatic heterocycles. The minimum Gasteiger partial charge on any atom is -0.399 e. The van der Waals surface area contributed by atoms with Gasteiger partial charge in [-0.2, -0.15) is 0 Å². The van der Waals surface area contributed by atoms with Gasteiger partial charge in [0.15, 0.2) is 0 Å². The molecule has 3 rings (SSSR count). The second kappa shape index (κ2) is 8.35. The summed E-state index contributed by atoms with van der Waals surface area (Å²) in [6, 6.07) is 25.4. The van der Waals surface area contributed by atoms with Crippen LogP contribution in [0.2, 0.25) is 0 Å². The number of nitrogens with two attached hydrogens (primary N) is 1. The Hall–Kier alpha value is -3.06. The van der Waals surface area contributed by atoms with Gasteiger partial charge in [-0.05, 0) is 77.1 Å². The highest BCUT2D eigenvalue weighted by Gasteiger charge is 2.07. The molecule has 0 saturated heterocycles. The average Bonchev–Trinajstić information content (AvgIpc) is 2.69. The fourth-order valence-corrected chi connectivity index (χ4v) is 3.04. The summed E-state index contributed by atoms with van der Waals surface area (Å²) in [4.78, 5) is 0. The van der Waals surface area contributed by atoms with Crippen molar-refractivity contribution in [2.45, 2.75) is 20.3 Å². The molecule has 0 aliphatic heterocycles. The van der Waals surface area contributed by atoms with Crippen molar-refractivity contribution in [3.8, 4) is 22.3 Å². The Morgan fingerprint density at radius 2 is 1.42 bits per heavy atom. The van der Waals surface area contributed by atoms with Crippen molar-refractivity contribution in [2.24, 2.45) is 0 Å². The van der Waals surface area contributed by atoms with E-state index in [0.29, 0.717) is 0 Å². The Morgan fingerprint density at radius 3 is 2.00 bits per heavy atom. The third-order valence-electron chi connectivity index (χ3n) is 4.46. The molecule has 0 saturated carbocycles. The molecule has 3 aromatic rings. The van der Waals surface area contributed by atoms with Crippen molar-refractivity contribution in [1.29, 1.82) is 0 Å². The number of anilines is 1. The van der Waals surface area contributed by atoms with Crippen molar-refractivity contribution in [2.75, 3.05) is 5.73 Å². The molecule has 26 heavy (non-hydrogen) atoms. The average molecular weight is 339 g/mol. The lowest BCUT2D eigenvalue weighted by Gasteiger charge is -2.12. The zero-order valence-electron chi connectivity index (χ0n) is 15.4. The molecule has 1 nitrogen and oxygen atoms in total. The first-order valence-corrected chi connectivity index (χ1v) is 9.11. The van der Waals surface area contributed by atoms with E-state index in [1.165, 1.54) is 33.4 Å². The van der Waals surface area contributed by atoms with E-state index in [1.54, 1.807) is 0 Å². The third-order valence-corrected chi connectivity index (χ3v) is 4.46. The molecular weight excluding hydrogens is 314 g/mol. The maximum atomic E-state index is 5.86. The summed E-state index contributed by atoms with van der Waals surface area (Å²) in [6.07, 6.45) is 7.61. The monoisotopic (exact) mass is 339 g/mol. The predicted molar refractivity (Wildman–Crippen MR) is 115 cm³/mol. The zero-order chi connectivity index (χ0) is 18.4. The van der Waals surface area contributed by atoms with Crippen LogP contribution in [0.5, 0.6) is 0 Å². The van der Waals surface area contributed by atoms with E-state index in [2.05, 4.69) is 92.7 Å². The van der Waals surface area contributed by atoms with Gasteiger partial charge in [0.05, 0.1) is 0 Å². The lowest BCUT2D eigenvalue weighted by atomic mass is 9.93. The molecule has 0 heterocycles. The van der Waals surface area contributed by atoms with Crippen LogP contribution in [0, 0.1) is 0 Å². The lowest BCUT2D eigenvalue weighted by Crippen LogP contribution is -1.89. The lowest BCUT2D eigenvalue weighted by molar-refractivity contribution is 1.22. The molecule has 0 fully saturated rings. The Labute approximate surface area is 156 Å². The highest BCUT2D eigenvalue weighted by Crippen LogP contribution is 2.31. The Kier molecular flexibility index (Phi) is 5.70. The van der Waals surface area contributed by atoms with E-state index in [4.69, 9.17) is 5.73 Å². The van der Waals surface area contributed by atoms with Gasteiger partial charge in [0.25, 0.3) is 0 Å². The van der Waals surface area contributed by atoms with Crippen LogP contribution in [0.1, 0.15) is 25.8 Å². The van der Waals surface area contributed by atoms with Gasteiger partial charge in [0, 0.05) is 5.69 Å². The zero-order valence-corrected chi connectivity index (χ0v) is 15.4. The maximum Gasteiger partial charge on any atom is 0.0314 e. The van der Waals surface area contributed by atoms with Crippen LogP contribution in [0.15, 0.2) is 91.0 Å². The first-order chi connectivity index (χ1) is 12.7. The summed E-state index contributed by atoms with van der Waals surface area (Å²) < 4.78 is 0. The molecular formula is C25H25N. The maximum absolute atomic E-state index is 5.86. The SMILES string of the molecule is C/C=C(\C=C/CC)c1cc(-c2ccccc2)cc(-c2ccc(N)cc2)c1. The van der Waals surface area contributed by atoms with E-state index in [0.717, 1.165) is 12.1 Å². The van der Waals surface area contributed by atoms with Crippen LogP contribution in [0.3, 0.4) is 0 Å². The van der Waals surface area contributed by atoms with E-state index < -0.39 is 0 Å². The molecule has 1 heteroatoms. The third kappa shape index (κ3) is 4.12. The van der Waals surface area contributed by atoms with E-state index in [9.17, 15) is 0 Å². The molecule has 130 valence electrons. The van der Waals surface area contributed by atoms with Crippen LogP contribution in [-0.2, 0) is 0 Å². The fraction of sp³-hybridized carbons (Fsp3) is 0.120. The summed E-state index contributed by atoms with van der Waals surface area (Å²) in [5.74, 6) is 0. The molecule has 3 aromatic carbocycles. The molecule has 0 radical (unpaired) electrons. The predicted octanol–water partition coefficient (Wildman–Crippen LogP) is 6.97. The van der Waals surface area contributed by atoms with Crippen molar-refractivity contribution >= 4 is 11.3 Å². The van der Waals surface area contributed by atoms with E-state index in [-0.39, 0.29) is 0 Å². The number of allylic oxidation sites excluding steroid dienone is 4. The Balaban J connectivity index is 2.16. The molecule has 0 bridgehead atoms. The van der Waals surface area contributed by atoms with Gasteiger partial charge in [-0.25, -0.2) is 0 Å². The van der Waals surface area contributed by atoms with E-state index in [1.807, 2.05) is 12.1 Å². The summed E-state index contributed by atoms with van der Waals surface area (Å²) in [7, 11) is 0. The van der Waals surface area contributed by atoms with E-state index >= 15 is 0 Å². The van der Waals surface area contributed by atoms with Crippen LogP contribution >= 0.6 is 0 Å². The quantitative estimate of drug-likeness (QED) is 0.394. The molecule has 0 aliphatic carbocycles. The minimum absolute atomic E-state index is 0.785. The molecule has 0 unspecified atom stereocenters. The molecule has 0 amide bonds.